The third kappa shape index (κ3) is 7.46. The van der Waals surface area contributed by atoms with Crippen LogP contribution in [-0.4, -0.2) is 88.9 Å². The van der Waals surface area contributed by atoms with E-state index in [-0.39, 0.29) is 29.0 Å². The Bertz CT molecular complexity index is 1640. The van der Waals surface area contributed by atoms with Crippen LogP contribution in [0, 0.1) is 0 Å². The minimum absolute atomic E-state index is 0.00319. The van der Waals surface area contributed by atoms with E-state index in [9.17, 15) is 21.9 Å². The number of benzene rings is 2. The summed E-state index contributed by atoms with van der Waals surface area (Å²) in [6.07, 6.45) is 4.05. The van der Waals surface area contributed by atoms with E-state index in [1.165, 1.54) is 29.7 Å². The van der Waals surface area contributed by atoms with Crippen molar-refractivity contribution in [2.45, 2.75) is 53.3 Å². The van der Waals surface area contributed by atoms with E-state index in [4.69, 9.17) is 15.2 Å². The molecule has 5 N–H and O–H groups in total. The minimum Gasteiger partial charge on any atom is -0.491 e. The first-order valence-corrected chi connectivity index (χ1v) is 17.4. The first-order chi connectivity index (χ1) is 21.0. The molecule has 2 fully saturated rings. The number of hydrogen-bond acceptors (Lipinski definition) is 10. The Kier molecular flexibility index (Phi) is 10.0. The number of sulfonamides is 2. The summed E-state index contributed by atoms with van der Waals surface area (Å²) >= 11 is 0. The number of aliphatic hydroxyl groups is 1. The van der Waals surface area contributed by atoms with Crippen LogP contribution in [0.3, 0.4) is 0 Å². The number of aromatic nitrogens is 1. The summed E-state index contributed by atoms with van der Waals surface area (Å²) in [5, 5.41) is 13.8. The Hall–Kier alpha value is -2.95. The second-order valence-corrected chi connectivity index (χ2v) is 15.0. The molecule has 0 saturated carbocycles. The quantitative estimate of drug-likeness (QED) is 0.226. The zero-order valence-electron chi connectivity index (χ0n) is 24.6. The number of hydrogen-bond donors (Lipinski definition) is 4. The summed E-state index contributed by atoms with van der Waals surface area (Å²) in [4.78, 5) is 4.45. The molecule has 1 unspecified atom stereocenters. The van der Waals surface area contributed by atoms with Crippen LogP contribution in [0.1, 0.15) is 24.8 Å². The van der Waals surface area contributed by atoms with Crippen LogP contribution in [0.4, 0.5) is 0 Å². The van der Waals surface area contributed by atoms with Crippen molar-refractivity contribution < 1.29 is 31.4 Å². The van der Waals surface area contributed by atoms with E-state index in [2.05, 4.69) is 15.0 Å². The standard InChI is InChI=1S/C30H39N5O7S2/c1-32-43(37,38)28-4-2-3-27(14-28)41-21-26(36)18-34-25-15-30(42-20-25)9-11-35(12-10-30)44(39,40)29-13-24(17-33-19-29)23-7-5-22(16-31)6-8-23/h2-8,13-14,17,19,25-26,32,34,36H,9-12,15-16,18,20-21,31H2,1H3/t25-,26?/m1/s1. The van der Waals surface area contributed by atoms with E-state index in [1.54, 1.807) is 24.4 Å². The fraction of sp³-hybridized carbons (Fsp3) is 0.433. The number of nitrogens with two attached hydrogens (primary N) is 1. The average molecular weight is 646 g/mol. The highest BCUT2D eigenvalue weighted by Crippen LogP contribution is 2.37. The Morgan fingerprint density at radius 3 is 2.52 bits per heavy atom. The molecule has 2 aromatic carbocycles. The highest BCUT2D eigenvalue weighted by atomic mass is 32.2. The fourth-order valence-electron chi connectivity index (χ4n) is 5.56. The highest BCUT2D eigenvalue weighted by molar-refractivity contribution is 7.89. The number of nitrogens with zero attached hydrogens (tertiary/aromatic N) is 2. The highest BCUT2D eigenvalue weighted by Gasteiger charge is 2.44. The molecule has 44 heavy (non-hydrogen) atoms. The van der Waals surface area contributed by atoms with Crippen LogP contribution in [0.25, 0.3) is 11.1 Å². The van der Waals surface area contributed by atoms with Crippen molar-refractivity contribution in [3.63, 3.8) is 0 Å². The van der Waals surface area contributed by atoms with Crippen molar-refractivity contribution in [3.05, 3.63) is 72.6 Å². The molecular formula is C30H39N5O7S2. The molecule has 2 aliphatic heterocycles. The van der Waals surface area contributed by atoms with Crippen molar-refractivity contribution in [2.75, 3.05) is 39.9 Å². The first kappa shape index (κ1) is 32.4. The summed E-state index contributed by atoms with van der Waals surface area (Å²) in [7, 11) is -5.99. The van der Waals surface area contributed by atoms with Crippen LogP contribution in [0.2, 0.25) is 0 Å². The van der Waals surface area contributed by atoms with Gasteiger partial charge in [-0.2, -0.15) is 4.31 Å². The molecule has 0 aliphatic carbocycles. The summed E-state index contributed by atoms with van der Waals surface area (Å²) in [5.41, 5.74) is 7.85. The van der Waals surface area contributed by atoms with E-state index in [0.29, 0.717) is 51.3 Å². The molecule has 2 aliphatic rings. The van der Waals surface area contributed by atoms with Crippen LogP contribution >= 0.6 is 0 Å². The van der Waals surface area contributed by atoms with Crippen LogP contribution in [0.5, 0.6) is 5.75 Å². The second-order valence-electron chi connectivity index (χ2n) is 11.2. The van der Waals surface area contributed by atoms with E-state index >= 15 is 0 Å². The molecule has 2 atom stereocenters. The lowest BCUT2D eigenvalue weighted by Crippen LogP contribution is -2.47. The Morgan fingerprint density at radius 2 is 1.82 bits per heavy atom. The predicted octanol–water partition coefficient (Wildman–Crippen LogP) is 1.46. The Morgan fingerprint density at radius 1 is 1.07 bits per heavy atom. The molecule has 1 spiro atoms. The number of nitrogens with one attached hydrogen (secondary N) is 2. The predicted molar refractivity (Wildman–Crippen MR) is 165 cm³/mol. The maximum absolute atomic E-state index is 13.5. The Labute approximate surface area is 258 Å². The molecule has 3 aromatic rings. The van der Waals surface area contributed by atoms with Gasteiger partial charge in [-0.15, -0.1) is 0 Å². The lowest BCUT2D eigenvalue weighted by Gasteiger charge is -2.38. The summed E-state index contributed by atoms with van der Waals surface area (Å²) in [5.74, 6) is 0.342. The van der Waals surface area contributed by atoms with Crippen LogP contribution in [-0.2, 0) is 31.3 Å². The summed E-state index contributed by atoms with van der Waals surface area (Å²) in [6.45, 7) is 1.81. The SMILES string of the molecule is CNS(=O)(=O)c1cccc(OCC(O)CN[C@H]2COC3(CCN(S(=O)(=O)c4cncc(-c5ccc(CN)cc5)c4)CC3)C2)c1. The molecule has 0 amide bonds. The summed E-state index contributed by atoms with van der Waals surface area (Å²) < 4.78 is 66.6. The van der Waals surface area contributed by atoms with Gasteiger partial charge in [-0.25, -0.2) is 21.6 Å². The van der Waals surface area contributed by atoms with Gasteiger partial charge in [0.15, 0.2) is 0 Å². The molecule has 238 valence electrons. The van der Waals surface area contributed by atoms with Gasteiger partial charge in [-0.1, -0.05) is 30.3 Å². The maximum atomic E-state index is 13.5. The van der Waals surface area contributed by atoms with Crippen molar-refractivity contribution in [2.24, 2.45) is 5.73 Å². The third-order valence-corrected chi connectivity index (χ3v) is 11.5. The molecule has 3 heterocycles. The van der Waals surface area contributed by atoms with Crippen molar-refractivity contribution in [3.8, 4) is 16.9 Å². The van der Waals surface area contributed by atoms with E-state index < -0.39 is 31.8 Å². The Balaban J connectivity index is 1.10. The minimum atomic E-state index is -3.73. The molecule has 0 bridgehead atoms. The van der Waals surface area contributed by atoms with E-state index in [1.807, 2.05) is 24.3 Å². The zero-order valence-corrected chi connectivity index (χ0v) is 26.2. The monoisotopic (exact) mass is 645 g/mol. The topological polar surface area (TPSA) is 173 Å². The van der Waals surface area contributed by atoms with E-state index in [0.717, 1.165) is 16.7 Å². The van der Waals surface area contributed by atoms with Crippen molar-refractivity contribution >= 4 is 20.0 Å². The number of ether oxygens (including phenoxy) is 2. The second kappa shape index (κ2) is 13.6. The molecule has 5 rings (SSSR count). The van der Waals surface area contributed by atoms with Gasteiger partial charge in [-0.05, 0) is 55.6 Å². The van der Waals surface area contributed by atoms with Gasteiger partial charge in [0.1, 0.15) is 23.4 Å². The van der Waals surface area contributed by atoms with Gasteiger partial charge in [0.25, 0.3) is 0 Å². The fourth-order valence-corrected chi connectivity index (χ4v) is 7.76. The number of pyridine rings is 1. The van der Waals surface area contributed by atoms with Crippen LogP contribution in [0.15, 0.2) is 76.8 Å². The molecule has 2 saturated heterocycles. The molecule has 14 heteroatoms. The van der Waals surface area contributed by atoms with Crippen LogP contribution < -0.4 is 20.5 Å². The number of rotatable bonds is 12. The largest absolute Gasteiger partial charge is 0.491 e. The van der Waals surface area contributed by atoms with Gasteiger partial charge in [-0.3, -0.25) is 4.98 Å². The van der Waals surface area contributed by atoms with Gasteiger partial charge < -0.3 is 25.6 Å². The van der Waals surface area contributed by atoms with Gasteiger partial charge in [0, 0.05) is 56.2 Å². The first-order valence-electron chi connectivity index (χ1n) is 14.5. The smallest absolute Gasteiger partial charge is 0.244 e. The maximum Gasteiger partial charge on any atom is 0.244 e. The van der Waals surface area contributed by atoms with Gasteiger partial charge in [0.05, 0.1) is 17.1 Å². The normalized spacial score (nSPS) is 19.7. The van der Waals surface area contributed by atoms with Gasteiger partial charge >= 0.3 is 0 Å². The molecular weight excluding hydrogens is 606 g/mol. The van der Waals surface area contributed by atoms with Crippen molar-refractivity contribution in [1.82, 2.24) is 19.3 Å². The zero-order chi connectivity index (χ0) is 31.4. The number of aliphatic hydroxyl groups excluding tert-OH is 1. The van der Waals surface area contributed by atoms with Crippen molar-refractivity contribution in [1.29, 1.82) is 0 Å². The lowest BCUT2D eigenvalue weighted by molar-refractivity contribution is -0.0312. The lowest BCUT2D eigenvalue weighted by atomic mass is 9.88. The number of piperidine rings is 1. The summed E-state index contributed by atoms with van der Waals surface area (Å²) in [6, 6.07) is 15.4. The molecule has 12 nitrogen and oxygen atoms in total. The third-order valence-electron chi connectivity index (χ3n) is 8.19. The van der Waals surface area contributed by atoms with Gasteiger partial charge in [0.2, 0.25) is 20.0 Å². The average Bonchev–Trinajstić information content (AvgIpc) is 3.45. The molecule has 1 aromatic heterocycles. The molecule has 0 radical (unpaired) electrons.